The highest BCUT2D eigenvalue weighted by atomic mass is 16.2. The summed E-state index contributed by atoms with van der Waals surface area (Å²) in [6.07, 6.45) is 7.97. The first kappa shape index (κ1) is 19.7. The number of carbonyl (C=O) groups is 1. The fraction of sp³-hybridized carbons (Fsp3) is 0.636. The average molecular weight is 371 g/mol. The van der Waals surface area contributed by atoms with Gasteiger partial charge in [0.1, 0.15) is 0 Å². The normalized spacial score (nSPS) is 18.4. The van der Waals surface area contributed by atoms with Crippen molar-refractivity contribution in [2.75, 3.05) is 20.1 Å². The Bertz CT molecular complexity index is 639. The van der Waals surface area contributed by atoms with Crippen LogP contribution in [0.15, 0.2) is 29.3 Å². The van der Waals surface area contributed by atoms with Crippen molar-refractivity contribution in [2.24, 2.45) is 10.4 Å². The summed E-state index contributed by atoms with van der Waals surface area (Å²) in [6.45, 7) is 5.57. The third-order valence-corrected chi connectivity index (χ3v) is 6.32. The van der Waals surface area contributed by atoms with E-state index < -0.39 is 0 Å². The minimum absolute atomic E-state index is 0.242. The molecule has 0 radical (unpaired) electrons. The minimum atomic E-state index is 0.242. The van der Waals surface area contributed by atoms with Gasteiger partial charge in [-0.1, -0.05) is 44.0 Å². The number of hydrogen-bond acceptors (Lipinski definition) is 2. The largest absolute Gasteiger partial charge is 0.356 e. The molecule has 1 saturated carbocycles. The SMILES string of the molecule is CCC1(CNC(=NC)NCCCC(=O)N2Cc3ccccc3C2)CCCC1. The molecule has 0 saturated heterocycles. The first-order valence-electron chi connectivity index (χ1n) is 10.4. The van der Waals surface area contributed by atoms with E-state index in [4.69, 9.17) is 0 Å². The van der Waals surface area contributed by atoms with Crippen molar-refractivity contribution in [2.45, 2.75) is 65.0 Å². The second-order valence-electron chi connectivity index (χ2n) is 8.04. The van der Waals surface area contributed by atoms with Crippen LogP contribution in [0, 0.1) is 5.41 Å². The van der Waals surface area contributed by atoms with Crippen LogP contribution < -0.4 is 10.6 Å². The van der Waals surface area contributed by atoms with Crippen molar-refractivity contribution in [3.63, 3.8) is 0 Å². The Morgan fingerprint density at radius 3 is 2.41 bits per heavy atom. The van der Waals surface area contributed by atoms with Crippen molar-refractivity contribution in [3.8, 4) is 0 Å². The van der Waals surface area contributed by atoms with Crippen molar-refractivity contribution >= 4 is 11.9 Å². The third kappa shape index (κ3) is 5.02. The predicted octanol–water partition coefficient (Wildman–Crippen LogP) is 3.44. The molecule has 1 aliphatic carbocycles. The monoisotopic (exact) mass is 370 g/mol. The predicted molar refractivity (Wildman–Crippen MR) is 110 cm³/mol. The summed E-state index contributed by atoms with van der Waals surface area (Å²) in [5, 5.41) is 6.87. The van der Waals surface area contributed by atoms with Crippen molar-refractivity contribution in [3.05, 3.63) is 35.4 Å². The molecule has 1 fully saturated rings. The molecule has 2 N–H and O–H groups in total. The number of nitrogens with one attached hydrogen (secondary N) is 2. The van der Waals surface area contributed by atoms with Gasteiger partial charge in [-0.15, -0.1) is 0 Å². The number of hydrogen-bond donors (Lipinski definition) is 2. The highest BCUT2D eigenvalue weighted by Gasteiger charge is 2.31. The maximum absolute atomic E-state index is 12.5. The lowest BCUT2D eigenvalue weighted by atomic mass is 9.83. The van der Waals surface area contributed by atoms with Crippen LogP contribution in [0.2, 0.25) is 0 Å². The quantitative estimate of drug-likeness (QED) is 0.439. The van der Waals surface area contributed by atoms with Crippen LogP contribution in [0.1, 0.15) is 63.0 Å². The van der Waals surface area contributed by atoms with Gasteiger partial charge in [-0.25, -0.2) is 0 Å². The molecular formula is C22H34N4O. The van der Waals surface area contributed by atoms with E-state index in [-0.39, 0.29) is 5.91 Å². The molecule has 2 aliphatic rings. The first-order valence-corrected chi connectivity index (χ1v) is 10.4. The summed E-state index contributed by atoms with van der Waals surface area (Å²) >= 11 is 0. The van der Waals surface area contributed by atoms with Gasteiger partial charge in [0.2, 0.25) is 5.91 Å². The van der Waals surface area contributed by atoms with Gasteiger partial charge in [-0.2, -0.15) is 0 Å². The number of carbonyl (C=O) groups excluding carboxylic acids is 1. The van der Waals surface area contributed by atoms with Gasteiger partial charge in [0.15, 0.2) is 5.96 Å². The fourth-order valence-corrected chi connectivity index (χ4v) is 4.39. The summed E-state index contributed by atoms with van der Waals surface area (Å²) in [4.78, 5) is 18.8. The number of guanidine groups is 1. The van der Waals surface area contributed by atoms with E-state index in [2.05, 4.69) is 34.7 Å². The van der Waals surface area contributed by atoms with E-state index in [9.17, 15) is 4.79 Å². The van der Waals surface area contributed by atoms with Crippen LogP contribution >= 0.6 is 0 Å². The lowest BCUT2D eigenvalue weighted by Crippen LogP contribution is -2.43. The average Bonchev–Trinajstić information content (AvgIpc) is 3.34. The second-order valence-corrected chi connectivity index (χ2v) is 8.04. The maximum atomic E-state index is 12.5. The summed E-state index contributed by atoms with van der Waals surface area (Å²) < 4.78 is 0. The van der Waals surface area contributed by atoms with Crippen LogP contribution in [-0.4, -0.2) is 36.9 Å². The van der Waals surface area contributed by atoms with Gasteiger partial charge in [0.25, 0.3) is 0 Å². The lowest BCUT2D eigenvalue weighted by Gasteiger charge is -2.28. The van der Waals surface area contributed by atoms with E-state index in [0.717, 1.165) is 38.6 Å². The van der Waals surface area contributed by atoms with Crippen molar-refractivity contribution < 1.29 is 4.79 Å². The van der Waals surface area contributed by atoms with E-state index in [1.54, 1.807) is 0 Å². The number of amides is 1. The summed E-state index contributed by atoms with van der Waals surface area (Å²) in [5.41, 5.74) is 3.01. The molecule has 0 spiro atoms. The number of aliphatic imine (C=N–C) groups is 1. The van der Waals surface area contributed by atoms with Crippen molar-refractivity contribution in [1.29, 1.82) is 0 Å². The Morgan fingerprint density at radius 1 is 1.15 bits per heavy atom. The molecule has 1 heterocycles. The molecule has 5 heteroatoms. The number of benzene rings is 1. The van der Waals surface area contributed by atoms with Gasteiger partial charge < -0.3 is 15.5 Å². The zero-order valence-electron chi connectivity index (χ0n) is 16.9. The van der Waals surface area contributed by atoms with Crippen LogP contribution in [0.5, 0.6) is 0 Å². The van der Waals surface area contributed by atoms with Crippen LogP contribution in [0.3, 0.4) is 0 Å². The van der Waals surface area contributed by atoms with Crippen LogP contribution in [0.4, 0.5) is 0 Å². The Labute approximate surface area is 163 Å². The molecule has 5 nitrogen and oxygen atoms in total. The molecule has 1 aromatic carbocycles. The first-order chi connectivity index (χ1) is 13.2. The van der Waals surface area contributed by atoms with E-state index in [1.807, 2.05) is 24.1 Å². The minimum Gasteiger partial charge on any atom is -0.356 e. The number of nitrogens with zero attached hydrogens (tertiary/aromatic N) is 2. The standard InChI is InChI=1S/C22H34N4O/c1-3-22(12-6-7-13-22)17-25-21(23-2)24-14-8-11-20(27)26-15-18-9-4-5-10-19(18)16-26/h4-5,9-10H,3,6-8,11-17H2,1-2H3,(H2,23,24,25). The van der Waals surface area contributed by atoms with E-state index in [0.29, 0.717) is 11.8 Å². The van der Waals surface area contributed by atoms with Gasteiger partial charge in [-0.3, -0.25) is 9.79 Å². The Morgan fingerprint density at radius 2 is 1.81 bits per heavy atom. The summed E-state index contributed by atoms with van der Waals surface area (Å²) in [6, 6.07) is 8.33. The van der Waals surface area contributed by atoms with Gasteiger partial charge in [0, 0.05) is 39.6 Å². The lowest BCUT2D eigenvalue weighted by molar-refractivity contribution is -0.131. The highest BCUT2D eigenvalue weighted by Crippen LogP contribution is 2.40. The highest BCUT2D eigenvalue weighted by molar-refractivity contribution is 5.80. The molecule has 0 aromatic heterocycles. The third-order valence-electron chi connectivity index (χ3n) is 6.32. The number of fused-ring (bicyclic) bond motifs is 1. The maximum Gasteiger partial charge on any atom is 0.223 e. The second kappa shape index (κ2) is 9.25. The summed E-state index contributed by atoms with van der Waals surface area (Å²) in [5.74, 6) is 1.10. The summed E-state index contributed by atoms with van der Waals surface area (Å²) in [7, 11) is 1.81. The molecule has 0 atom stereocenters. The van der Waals surface area contributed by atoms with Gasteiger partial charge >= 0.3 is 0 Å². The Kier molecular flexibility index (Phi) is 6.75. The Hall–Kier alpha value is -2.04. The van der Waals surface area contributed by atoms with Crippen LogP contribution in [0.25, 0.3) is 0 Å². The zero-order valence-corrected chi connectivity index (χ0v) is 16.9. The molecule has 0 bridgehead atoms. The van der Waals surface area contributed by atoms with Gasteiger partial charge in [0.05, 0.1) is 0 Å². The number of rotatable bonds is 7. The molecule has 148 valence electrons. The topological polar surface area (TPSA) is 56.7 Å². The molecule has 27 heavy (non-hydrogen) atoms. The molecule has 1 amide bonds. The fourth-order valence-electron chi connectivity index (χ4n) is 4.39. The molecule has 3 rings (SSSR count). The van der Waals surface area contributed by atoms with Crippen LogP contribution in [-0.2, 0) is 17.9 Å². The van der Waals surface area contributed by atoms with E-state index >= 15 is 0 Å². The van der Waals surface area contributed by atoms with Crippen molar-refractivity contribution in [1.82, 2.24) is 15.5 Å². The molecule has 0 unspecified atom stereocenters. The zero-order chi connectivity index (χ0) is 19.1. The Balaban J connectivity index is 1.35. The smallest absolute Gasteiger partial charge is 0.223 e. The van der Waals surface area contributed by atoms with E-state index in [1.165, 1.54) is 43.2 Å². The van der Waals surface area contributed by atoms with Gasteiger partial charge in [-0.05, 0) is 42.2 Å². The molecular weight excluding hydrogens is 336 g/mol. The molecule has 1 aromatic rings. The molecule has 1 aliphatic heterocycles.